The summed E-state index contributed by atoms with van der Waals surface area (Å²) in [6.07, 6.45) is 2.39. The molecule has 3 aromatic rings. The van der Waals surface area contributed by atoms with E-state index in [1.807, 2.05) is 6.92 Å². The fourth-order valence-electron chi connectivity index (χ4n) is 2.40. The average molecular weight is 294 g/mol. The van der Waals surface area contributed by atoms with Crippen LogP contribution in [0.15, 0.2) is 53.3 Å². The van der Waals surface area contributed by atoms with Crippen LogP contribution in [-0.4, -0.2) is 10.9 Å². The van der Waals surface area contributed by atoms with Crippen LogP contribution >= 0.6 is 0 Å². The number of amides is 1. The number of aryl methyl sites for hydroxylation is 1. The fraction of sp³-hybridized carbons (Fsp3) is 0.222. The van der Waals surface area contributed by atoms with Crippen LogP contribution in [0.2, 0.25) is 0 Å². The predicted molar refractivity (Wildman–Crippen MR) is 85.7 cm³/mol. The molecule has 0 spiro atoms. The maximum absolute atomic E-state index is 12.3. The second-order valence-corrected chi connectivity index (χ2v) is 5.33. The van der Waals surface area contributed by atoms with Gasteiger partial charge in [0.25, 0.3) is 5.91 Å². The topological polar surface area (TPSA) is 55.1 Å². The third-order valence-electron chi connectivity index (χ3n) is 3.83. The Bertz CT molecular complexity index is 790. The highest BCUT2D eigenvalue weighted by Crippen LogP contribution is 2.17. The predicted octanol–water partition coefficient (Wildman–Crippen LogP) is 3.88. The van der Waals surface area contributed by atoms with E-state index in [0.717, 1.165) is 12.0 Å². The Balaban J connectivity index is 1.74. The van der Waals surface area contributed by atoms with Crippen molar-refractivity contribution in [3.63, 3.8) is 0 Å². The van der Waals surface area contributed by atoms with E-state index in [1.54, 1.807) is 18.2 Å². The molecule has 1 atom stereocenters. The van der Waals surface area contributed by atoms with Crippen molar-refractivity contribution >= 4 is 17.0 Å². The largest absolute Gasteiger partial charge is 0.443 e. The monoisotopic (exact) mass is 294 g/mol. The van der Waals surface area contributed by atoms with Crippen molar-refractivity contribution in [1.29, 1.82) is 0 Å². The Hall–Kier alpha value is -2.62. The van der Waals surface area contributed by atoms with Gasteiger partial charge >= 0.3 is 0 Å². The number of carbonyl (C=O) groups is 1. The van der Waals surface area contributed by atoms with Gasteiger partial charge in [-0.15, -0.1) is 0 Å². The second-order valence-electron chi connectivity index (χ2n) is 5.33. The minimum atomic E-state index is -0.114. The van der Waals surface area contributed by atoms with Gasteiger partial charge in [0.1, 0.15) is 5.52 Å². The van der Waals surface area contributed by atoms with Gasteiger partial charge < -0.3 is 9.73 Å². The van der Waals surface area contributed by atoms with Crippen molar-refractivity contribution in [2.75, 3.05) is 0 Å². The maximum Gasteiger partial charge on any atom is 0.251 e. The Morgan fingerprint density at radius 1 is 1.23 bits per heavy atom. The molecule has 1 aromatic heterocycles. The first-order chi connectivity index (χ1) is 10.7. The van der Waals surface area contributed by atoms with E-state index in [2.05, 4.69) is 41.5 Å². The van der Waals surface area contributed by atoms with Gasteiger partial charge in [0.05, 0.1) is 6.04 Å². The normalized spacial score (nSPS) is 12.3. The zero-order valence-electron chi connectivity index (χ0n) is 12.7. The van der Waals surface area contributed by atoms with Crippen molar-refractivity contribution in [3.8, 4) is 0 Å². The highest BCUT2D eigenvalue weighted by atomic mass is 16.3. The molecule has 0 aliphatic carbocycles. The van der Waals surface area contributed by atoms with E-state index in [9.17, 15) is 4.79 Å². The lowest BCUT2D eigenvalue weighted by atomic mass is 10.0. The standard InChI is InChI=1S/C18H18N2O2/c1-3-13-4-6-14(7-5-13)12(2)20-18(21)15-8-9-17-16(10-15)19-11-22-17/h4-12H,3H2,1-2H3,(H,20,21). The van der Waals surface area contributed by atoms with Crippen LogP contribution in [0.3, 0.4) is 0 Å². The Kier molecular flexibility index (Phi) is 3.92. The summed E-state index contributed by atoms with van der Waals surface area (Å²) >= 11 is 0. The number of oxazole rings is 1. The Morgan fingerprint density at radius 2 is 2.00 bits per heavy atom. The zero-order chi connectivity index (χ0) is 15.5. The molecule has 0 saturated heterocycles. The molecule has 4 heteroatoms. The molecule has 4 nitrogen and oxygen atoms in total. The number of fused-ring (bicyclic) bond motifs is 1. The van der Waals surface area contributed by atoms with E-state index in [1.165, 1.54) is 12.0 Å². The molecule has 1 heterocycles. The number of carbonyl (C=O) groups excluding carboxylic acids is 1. The Morgan fingerprint density at radius 3 is 2.73 bits per heavy atom. The number of rotatable bonds is 4. The van der Waals surface area contributed by atoms with Crippen LogP contribution in [0.5, 0.6) is 0 Å². The van der Waals surface area contributed by atoms with Gasteiger partial charge in [0, 0.05) is 5.56 Å². The molecule has 1 unspecified atom stereocenters. The smallest absolute Gasteiger partial charge is 0.251 e. The summed E-state index contributed by atoms with van der Waals surface area (Å²) in [7, 11) is 0. The summed E-state index contributed by atoms with van der Waals surface area (Å²) < 4.78 is 5.18. The van der Waals surface area contributed by atoms with Gasteiger partial charge in [-0.05, 0) is 42.7 Å². The lowest BCUT2D eigenvalue weighted by Gasteiger charge is -2.15. The summed E-state index contributed by atoms with van der Waals surface area (Å²) in [5, 5.41) is 3.01. The number of aromatic nitrogens is 1. The van der Waals surface area contributed by atoms with Gasteiger partial charge in [-0.2, -0.15) is 0 Å². The Labute approximate surface area is 129 Å². The molecule has 3 rings (SSSR count). The van der Waals surface area contributed by atoms with Gasteiger partial charge in [-0.3, -0.25) is 4.79 Å². The third-order valence-corrected chi connectivity index (χ3v) is 3.83. The molecular formula is C18H18N2O2. The molecule has 2 aromatic carbocycles. The molecule has 0 fully saturated rings. The van der Waals surface area contributed by atoms with E-state index in [-0.39, 0.29) is 11.9 Å². The molecular weight excluding hydrogens is 276 g/mol. The molecule has 0 aliphatic heterocycles. The molecule has 0 aliphatic rings. The highest BCUT2D eigenvalue weighted by Gasteiger charge is 2.12. The fourth-order valence-corrected chi connectivity index (χ4v) is 2.40. The molecule has 0 radical (unpaired) electrons. The summed E-state index contributed by atoms with van der Waals surface area (Å²) in [4.78, 5) is 16.4. The number of hydrogen-bond acceptors (Lipinski definition) is 3. The molecule has 1 amide bonds. The van der Waals surface area contributed by atoms with Gasteiger partial charge in [0.2, 0.25) is 0 Å². The van der Waals surface area contributed by atoms with E-state index in [0.29, 0.717) is 16.7 Å². The summed E-state index contributed by atoms with van der Waals surface area (Å²) in [6.45, 7) is 4.10. The molecule has 0 bridgehead atoms. The first kappa shape index (κ1) is 14.3. The molecule has 22 heavy (non-hydrogen) atoms. The van der Waals surface area contributed by atoms with Crippen molar-refractivity contribution in [1.82, 2.24) is 10.3 Å². The van der Waals surface area contributed by atoms with Crippen LogP contribution in [0.25, 0.3) is 11.1 Å². The van der Waals surface area contributed by atoms with Crippen LogP contribution in [0.4, 0.5) is 0 Å². The first-order valence-electron chi connectivity index (χ1n) is 7.40. The summed E-state index contributed by atoms with van der Waals surface area (Å²) in [5.74, 6) is -0.114. The first-order valence-corrected chi connectivity index (χ1v) is 7.40. The SMILES string of the molecule is CCc1ccc(C(C)NC(=O)c2ccc3ocnc3c2)cc1. The maximum atomic E-state index is 12.3. The zero-order valence-corrected chi connectivity index (χ0v) is 12.7. The van der Waals surface area contributed by atoms with Crippen LogP contribution in [-0.2, 0) is 6.42 Å². The summed E-state index contributed by atoms with van der Waals surface area (Å²) in [5.41, 5.74) is 4.33. The van der Waals surface area contributed by atoms with Gasteiger partial charge in [-0.25, -0.2) is 4.98 Å². The van der Waals surface area contributed by atoms with E-state index < -0.39 is 0 Å². The molecule has 112 valence electrons. The molecule has 1 N–H and O–H groups in total. The third kappa shape index (κ3) is 2.86. The minimum Gasteiger partial charge on any atom is -0.443 e. The van der Waals surface area contributed by atoms with Crippen LogP contribution < -0.4 is 5.32 Å². The number of nitrogens with zero attached hydrogens (tertiary/aromatic N) is 1. The van der Waals surface area contributed by atoms with Crippen LogP contribution in [0, 0.1) is 0 Å². The van der Waals surface area contributed by atoms with Crippen molar-refractivity contribution < 1.29 is 9.21 Å². The number of benzene rings is 2. The van der Waals surface area contributed by atoms with Gasteiger partial charge in [-0.1, -0.05) is 31.2 Å². The van der Waals surface area contributed by atoms with E-state index in [4.69, 9.17) is 4.42 Å². The van der Waals surface area contributed by atoms with E-state index >= 15 is 0 Å². The second kappa shape index (κ2) is 6.02. The minimum absolute atomic E-state index is 0.0496. The average Bonchev–Trinajstić information content (AvgIpc) is 3.02. The highest BCUT2D eigenvalue weighted by molar-refractivity contribution is 5.97. The van der Waals surface area contributed by atoms with Crippen molar-refractivity contribution in [2.45, 2.75) is 26.3 Å². The van der Waals surface area contributed by atoms with Gasteiger partial charge in [0.15, 0.2) is 12.0 Å². The number of hydrogen-bond donors (Lipinski definition) is 1. The number of nitrogens with one attached hydrogen (secondary N) is 1. The van der Waals surface area contributed by atoms with Crippen molar-refractivity contribution in [3.05, 3.63) is 65.5 Å². The quantitative estimate of drug-likeness (QED) is 0.794. The molecule has 0 saturated carbocycles. The lowest BCUT2D eigenvalue weighted by molar-refractivity contribution is 0.0940. The van der Waals surface area contributed by atoms with Crippen LogP contribution in [0.1, 0.15) is 41.4 Å². The lowest BCUT2D eigenvalue weighted by Crippen LogP contribution is -2.26. The van der Waals surface area contributed by atoms with Crippen molar-refractivity contribution in [2.24, 2.45) is 0 Å². The summed E-state index contributed by atoms with van der Waals surface area (Å²) in [6, 6.07) is 13.5.